The zero-order valence-corrected chi connectivity index (χ0v) is 22.5. The lowest BCUT2D eigenvalue weighted by atomic mass is 9.98. The van der Waals surface area contributed by atoms with E-state index >= 15 is 0 Å². The number of likely N-dealkylation sites (N-methyl/N-ethyl adjacent to an activating group) is 1. The second kappa shape index (κ2) is 11.8. The zero-order valence-electron chi connectivity index (χ0n) is 22.5. The SMILES string of the molecule is CCN(C(=O)C=Cc1ccc(C(=O)C(=O)c2ccc(C3=NOC(C(=O)OC)C3)cc2)cc1)c1c[nH]c2ccccc12. The molecular weight excluding hydrogens is 522 g/mol. The maximum absolute atomic E-state index is 13.0. The molecular formula is C32H27N3O6. The molecule has 206 valence electrons. The number of amides is 1. The fourth-order valence-electron chi connectivity index (χ4n) is 4.61. The second-order valence-corrected chi connectivity index (χ2v) is 9.35. The molecule has 1 amide bonds. The summed E-state index contributed by atoms with van der Waals surface area (Å²) in [5, 5.41) is 4.88. The third-order valence-corrected chi connectivity index (χ3v) is 6.85. The number of benzene rings is 3. The summed E-state index contributed by atoms with van der Waals surface area (Å²) in [7, 11) is 1.28. The van der Waals surface area contributed by atoms with Crippen molar-refractivity contribution in [3.63, 3.8) is 0 Å². The van der Waals surface area contributed by atoms with E-state index in [0.29, 0.717) is 23.4 Å². The third-order valence-electron chi connectivity index (χ3n) is 6.85. The molecule has 1 unspecified atom stereocenters. The number of oxime groups is 1. The summed E-state index contributed by atoms with van der Waals surface area (Å²) >= 11 is 0. The van der Waals surface area contributed by atoms with Crippen LogP contribution in [0.2, 0.25) is 0 Å². The number of para-hydroxylation sites is 1. The predicted octanol–water partition coefficient (Wildman–Crippen LogP) is 4.97. The molecule has 0 saturated carbocycles. The second-order valence-electron chi connectivity index (χ2n) is 9.35. The number of nitrogens with one attached hydrogen (secondary N) is 1. The molecule has 1 aliphatic rings. The van der Waals surface area contributed by atoms with Gasteiger partial charge in [-0.3, -0.25) is 14.4 Å². The van der Waals surface area contributed by atoms with Gasteiger partial charge in [-0.2, -0.15) is 0 Å². The molecule has 4 aromatic rings. The first-order chi connectivity index (χ1) is 19.9. The van der Waals surface area contributed by atoms with E-state index in [0.717, 1.165) is 16.6 Å². The number of esters is 1. The van der Waals surface area contributed by atoms with Crippen LogP contribution in [0.4, 0.5) is 5.69 Å². The van der Waals surface area contributed by atoms with Crippen molar-refractivity contribution in [1.82, 2.24) is 4.98 Å². The Balaban J connectivity index is 1.22. The topological polar surface area (TPSA) is 118 Å². The number of carbonyl (C=O) groups is 4. The van der Waals surface area contributed by atoms with Gasteiger partial charge in [0.05, 0.1) is 18.5 Å². The summed E-state index contributed by atoms with van der Waals surface area (Å²) in [5.41, 5.74) is 4.18. The normalized spacial score (nSPS) is 14.5. The number of hydrogen-bond donors (Lipinski definition) is 1. The molecule has 2 heterocycles. The Morgan fingerprint density at radius 2 is 1.63 bits per heavy atom. The number of methoxy groups -OCH3 is 1. The molecule has 0 fully saturated rings. The minimum atomic E-state index is -0.793. The first-order valence-corrected chi connectivity index (χ1v) is 13.0. The monoisotopic (exact) mass is 549 g/mol. The first kappa shape index (κ1) is 27.3. The van der Waals surface area contributed by atoms with Crippen LogP contribution in [0.1, 0.15) is 45.2 Å². The van der Waals surface area contributed by atoms with Gasteiger partial charge in [0, 0.05) is 47.3 Å². The van der Waals surface area contributed by atoms with Gasteiger partial charge in [-0.15, -0.1) is 0 Å². The average molecular weight is 550 g/mol. The van der Waals surface area contributed by atoms with Crippen LogP contribution in [0.25, 0.3) is 17.0 Å². The van der Waals surface area contributed by atoms with E-state index in [1.807, 2.05) is 37.4 Å². The Hall–Kier alpha value is -5.31. The Morgan fingerprint density at radius 1 is 0.976 bits per heavy atom. The minimum absolute atomic E-state index is 0.174. The van der Waals surface area contributed by atoms with Gasteiger partial charge in [0.1, 0.15) is 0 Å². The molecule has 0 aliphatic carbocycles. The Bertz CT molecular complexity index is 1680. The van der Waals surface area contributed by atoms with Gasteiger partial charge in [-0.1, -0.05) is 71.9 Å². The van der Waals surface area contributed by atoms with E-state index in [1.165, 1.54) is 13.2 Å². The summed E-state index contributed by atoms with van der Waals surface area (Å²) < 4.78 is 4.67. The fraction of sp³-hybridized carbons (Fsp3) is 0.156. The number of ketones is 2. The zero-order chi connectivity index (χ0) is 28.9. The standard InChI is InChI=1S/C32H27N3O6/c1-3-35(27-19-33-25-7-5-4-6-24(25)27)29(36)17-10-20-8-11-22(12-9-20)30(37)31(38)23-15-13-21(14-16-23)26-18-28(41-34-26)32(39)40-2/h4-17,19,28,33H,3,18H2,1-2H3. The van der Waals surface area contributed by atoms with E-state index in [2.05, 4.69) is 14.9 Å². The van der Waals surface area contributed by atoms with Crippen molar-refractivity contribution in [2.75, 3.05) is 18.6 Å². The van der Waals surface area contributed by atoms with E-state index in [9.17, 15) is 19.2 Å². The molecule has 3 aromatic carbocycles. The number of rotatable bonds is 9. The van der Waals surface area contributed by atoms with Gasteiger partial charge in [0.2, 0.25) is 17.7 Å². The molecule has 9 heteroatoms. The number of aromatic amines is 1. The van der Waals surface area contributed by atoms with Crippen LogP contribution in [0.5, 0.6) is 0 Å². The van der Waals surface area contributed by atoms with Crippen molar-refractivity contribution in [2.45, 2.75) is 19.4 Å². The van der Waals surface area contributed by atoms with Crippen LogP contribution < -0.4 is 4.90 Å². The van der Waals surface area contributed by atoms with E-state index < -0.39 is 23.6 Å². The van der Waals surface area contributed by atoms with Crippen LogP contribution in [-0.4, -0.2) is 53.9 Å². The largest absolute Gasteiger partial charge is 0.466 e. The maximum atomic E-state index is 13.0. The van der Waals surface area contributed by atoms with E-state index in [-0.39, 0.29) is 23.5 Å². The number of nitrogens with zero attached hydrogens (tertiary/aromatic N) is 2. The first-order valence-electron chi connectivity index (χ1n) is 13.0. The molecule has 0 bridgehead atoms. The molecule has 1 aromatic heterocycles. The predicted molar refractivity (Wildman–Crippen MR) is 155 cm³/mol. The fourth-order valence-corrected chi connectivity index (χ4v) is 4.61. The number of H-pyrrole nitrogens is 1. The van der Waals surface area contributed by atoms with Crippen molar-refractivity contribution in [3.8, 4) is 0 Å². The van der Waals surface area contributed by atoms with Gasteiger partial charge in [-0.05, 0) is 30.2 Å². The molecule has 1 atom stereocenters. The number of fused-ring (bicyclic) bond motifs is 1. The van der Waals surface area contributed by atoms with Crippen molar-refractivity contribution in [2.24, 2.45) is 5.16 Å². The lowest BCUT2D eigenvalue weighted by Gasteiger charge is -2.18. The molecule has 0 spiro atoms. The van der Waals surface area contributed by atoms with Crippen LogP contribution in [-0.2, 0) is 19.2 Å². The quantitative estimate of drug-likeness (QED) is 0.136. The van der Waals surface area contributed by atoms with Crippen LogP contribution >= 0.6 is 0 Å². The summed E-state index contributed by atoms with van der Waals surface area (Å²) in [6.07, 6.45) is 4.45. The smallest absolute Gasteiger partial charge is 0.350 e. The molecule has 9 nitrogen and oxygen atoms in total. The van der Waals surface area contributed by atoms with Crippen molar-refractivity contribution in [3.05, 3.63) is 107 Å². The third kappa shape index (κ3) is 5.69. The summed E-state index contributed by atoms with van der Waals surface area (Å²) in [5.74, 6) is -1.98. The molecule has 1 N–H and O–H groups in total. The highest BCUT2D eigenvalue weighted by molar-refractivity contribution is 6.49. The molecule has 0 saturated heterocycles. The van der Waals surface area contributed by atoms with Crippen molar-refractivity contribution in [1.29, 1.82) is 0 Å². The highest BCUT2D eigenvalue weighted by Crippen LogP contribution is 2.27. The van der Waals surface area contributed by atoms with Crippen LogP contribution in [0, 0.1) is 0 Å². The molecule has 0 radical (unpaired) electrons. The van der Waals surface area contributed by atoms with Gasteiger partial charge in [0.25, 0.3) is 5.91 Å². The van der Waals surface area contributed by atoms with Gasteiger partial charge >= 0.3 is 5.97 Å². The molecule has 1 aliphatic heterocycles. The van der Waals surface area contributed by atoms with Crippen LogP contribution in [0.3, 0.4) is 0 Å². The van der Waals surface area contributed by atoms with Gasteiger partial charge in [0.15, 0.2) is 0 Å². The average Bonchev–Trinajstić information content (AvgIpc) is 3.68. The number of Topliss-reactive ketones (excluding diaryl/α,β-unsaturated/α-hetero) is 2. The lowest BCUT2D eigenvalue weighted by molar-refractivity contribution is -0.152. The molecule has 41 heavy (non-hydrogen) atoms. The van der Waals surface area contributed by atoms with E-state index in [4.69, 9.17) is 4.84 Å². The number of ether oxygens (including phenoxy) is 1. The Morgan fingerprint density at radius 3 is 2.29 bits per heavy atom. The lowest BCUT2D eigenvalue weighted by Crippen LogP contribution is -2.28. The highest BCUT2D eigenvalue weighted by Gasteiger charge is 2.29. The van der Waals surface area contributed by atoms with Crippen molar-refractivity contribution >= 4 is 51.8 Å². The Labute approximate surface area is 236 Å². The summed E-state index contributed by atoms with van der Waals surface area (Å²) in [6.45, 7) is 2.41. The van der Waals surface area contributed by atoms with Crippen LogP contribution in [0.15, 0.2) is 90.2 Å². The number of aromatic nitrogens is 1. The number of anilines is 1. The van der Waals surface area contributed by atoms with Gasteiger partial charge < -0.3 is 19.5 Å². The number of hydrogen-bond acceptors (Lipinski definition) is 7. The molecule has 5 rings (SSSR count). The summed E-state index contributed by atoms with van der Waals surface area (Å²) in [4.78, 5) is 60.3. The Kier molecular flexibility index (Phi) is 7.87. The minimum Gasteiger partial charge on any atom is -0.466 e. The maximum Gasteiger partial charge on any atom is 0.350 e. The highest BCUT2D eigenvalue weighted by atomic mass is 16.7. The summed E-state index contributed by atoms with van der Waals surface area (Å²) in [6, 6.07) is 20.7. The van der Waals surface area contributed by atoms with Gasteiger partial charge in [-0.25, -0.2) is 4.79 Å². The number of carbonyl (C=O) groups excluding carboxylic acids is 4. The van der Waals surface area contributed by atoms with E-state index in [1.54, 1.807) is 59.5 Å². The van der Waals surface area contributed by atoms with Crippen molar-refractivity contribution < 1.29 is 28.8 Å².